The van der Waals surface area contributed by atoms with Gasteiger partial charge in [-0.2, -0.15) is 5.26 Å². The number of carbonyl (C=O) groups excluding carboxylic acids is 1. The molecule has 1 aromatic carbocycles. The van der Waals surface area contributed by atoms with Crippen molar-refractivity contribution in [1.82, 2.24) is 5.32 Å². The molecule has 0 radical (unpaired) electrons. The van der Waals surface area contributed by atoms with Crippen LogP contribution in [0.4, 0.5) is 0 Å². The summed E-state index contributed by atoms with van der Waals surface area (Å²) in [6.45, 7) is 15.7. The molecule has 0 aliphatic heterocycles. The Bertz CT molecular complexity index is 725. The molecule has 0 aliphatic rings. The van der Waals surface area contributed by atoms with Crippen LogP contribution < -0.4 is 5.32 Å². The van der Waals surface area contributed by atoms with E-state index in [9.17, 15) is 15.2 Å². The van der Waals surface area contributed by atoms with Crippen LogP contribution in [0.2, 0.25) is 0 Å². The molecule has 154 valence electrons. The second kappa shape index (κ2) is 9.75. The largest absolute Gasteiger partial charge is 0.507 e. The number of carbonyl (C=O) groups is 1. The molecular weight excluding hydrogens is 352 g/mol. The zero-order valence-corrected chi connectivity index (χ0v) is 18.3. The number of nitrogens with zero attached hydrogens (tertiary/aromatic N) is 1. The number of nitriles is 1. The Labute approximate surface area is 169 Å². The van der Waals surface area contributed by atoms with Crippen molar-refractivity contribution in [2.75, 3.05) is 19.8 Å². The smallest absolute Gasteiger partial charge is 0.261 e. The predicted octanol–water partition coefficient (Wildman–Crippen LogP) is 4.44. The third-order valence-electron chi connectivity index (χ3n) is 4.38. The first-order valence-corrected chi connectivity index (χ1v) is 9.77. The lowest BCUT2D eigenvalue weighted by molar-refractivity contribution is -0.117. The van der Waals surface area contributed by atoms with Crippen molar-refractivity contribution in [3.05, 3.63) is 34.4 Å². The fraction of sp³-hybridized carbons (Fsp3) is 0.565. The van der Waals surface area contributed by atoms with E-state index >= 15 is 0 Å². The van der Waals surface area contributed by atoms with E-state index in [4.69, 9.17) is 4.74 Å². The third-order valence-corrected chi connectivity index (χ3v) is 4.38. The van der Waals surface area contributed by atoms with E-state index in [1.807, 2.05) is 66.7 Å². The fourth-order valence-corrected chi connectivity index (χ4v) is 2.81. The molecule has 0 fully saturated rings. The Kier molecular flexibility index (Phi) is 8.26. The summed E-state index contributed by atoms with van der Waals surface area (Å²) < 4.78 is 5.24. The summed E-state index contributed by atoms with van der Waals surface area (Å²) in [5, 5.41) is 23.0. The lowest BCUT2D eigenvalue weighted by Gasteiger charge is -2.28. The molecule has 28 heavy (non-hydrogen) atoms. The number of hydrogen-bond acceptors (Lipinski definition) is 4. The Morgan fingerprint density at radius 3 is 2.14 bits per heavy atom. The van der Waals surface area contributed by atoms with Crippen LogP contribution in [0.5, 0.6) is 5.75 Å². The van der Waals surface area contributed by atoms with Crippen molar-refractivity contribution in [1.29, 1.82) is 5.26 Å². The van der Waals surface area contributed by atoms with Gasteiger partial charge >= 0.3 is 0 Å². The minimum absolute atomic E-state index is 0.0434. The summed E-state index contributed by atoms with van der Waals surface area (Å²) in [6, 6.07) is 5.69. The second-order valence-corrected chi connectivity index (χ2v) is 8.94. The van der Waals surface area contributed by atoms with E-state index in [0.29, 0.717) is 26.2 Å². The fourth-order valence-electron chi connectivity index (χ4n) is 2.81. The molecule has 5 heteroatoms. The molecule has 1 amide bonds. The van der Waals surface area contributed by atoms with Crippen LogP contribution in [0.25, 0.3) is 6.08 Å². The molecular formula is C23H34N2O3. The van der Waals surface area contributed by atoms with E-state index in [0.717, 1.165) is 16.7 Å². The topological polar surface area (TPSA) is 82.3 Å². The normalized spacial score (nSPS) is 12.6. The van der Waals surface area contributed by atoms with Crippen molar-refractivity contribution in [2.24, 2.45) is 0 Å². The van der Waals surface area contributed by atoms with Crippen molar-refractivity contribution in [3.63, 3.8) is 0 Å². The molecule has 0 atom stereocenters. The first kappa shape index (κ1) is 23.7. The van der Waals surface area contributed by atoms with Crippen molar-refractivity contribution < 1.29 is 14.6 Å². The second-order valence-electron chi connectivity index (χ2n) is 8.94. The average molecular weight is 387 g/mol. The third kappa shape index (κ3) is 6.69. The van der Waals surface area contributed by atoms with Gasteiger partial charge in [0, 0.05) is 30.9 Å². The maximum absolute atomic E-state index is 12.3. The molecule has 5 nitrogen and oxygen atoms in total. The van der Waals surface area contributed by atoms with Crippen LogP contribution in [-0.2, 0) is 20.4 Å². The molecule has 0 heterocycles. The molecule has 0 unspecified atom stereocenters. The summed E-state index contributed by atoms with van der Waals surface area (Å²) in [7, 11) is 0. The van der Waals surface area contributed by atoms with E-state index in [2.05, 4.69) is 5.32 Å². The molecule has 0 aliphatic carbocycles. The van der Waals surface area contributed by atoms with Gasteiger partial charge in [0.1, 0.15) is 17.4 Å². The molecule has 0 aromatic heterocycles. The van der Waals surface area contributed by atoms with Gasteiger partial charge in [0.15, 0.2) is 0 Å². The highest BCUT2D eigenvalue weighted by molar-refractivity contribution is 6.01. The molecule has 0 bridgehead atoms. The van der Waals surface area contributed by atoms with Gasteiger partial charge in [-0.15, -0.1) is 0 Å². The van der Waals surface area contributed by atoms with Crippen LogP contribution in [0.15, 0.2) is 17.7 Å². The number of aromatic hydroxyl groups is 1. The number of rotatable bonds is 7. The van der Waals surface area contributed by atoms with Crippen LogP contribution >= 0.6 is 0 Å². The van der Waals surface area contributed by atoms with Crippen LogP contribution in [0.3, 0.4) is 0 Å². The van der Waals surface area contributed by atoms with Gasteiger partial charge in [-0.3, -0.25) is 4.79 Å². The van der Waals surface area contributed by atoms with Gasteiger partial charge in [-0.25, -0.2) is 0 Å². The first-order chi connectivity index (χ1) is 12.9. The summed E-state index contributed by atoms with van der Waals surface area (Å²) in [5.74, 6) is -0.127. The molecule has 0 spiro atoms. The minimum atomic E-state index is -0.401. The number of benzene rings is 1. The number of amides is 1. The van der Waals surface area contributed by atoms with Gasteiger partial charge in [-0.05, 0) is 47.9 Å². The summed E-state index contributed by atoms with van der Waals surface area (Å²) in [6.07, 6.45) is 2.28. The van der Waals surface area contributed by atoms with Gasteiger partial charge in [0.25, 0.3) is 5.91 Å². The lowest BCUT2D eigenvalue weighted by atomic mass is 9.78. The molecule has 0 saturated heterocycles. The van der Waals surface area contributed by atoms with Gasteiger partial charge in [-0.1, -0.05) is 41.5 Å². The zero-order chi connectivity index (χ0) is 21.5. The first-order valence-electron chi connectivity index (χ1n) is 9.77. The number of phenolic OH excluding ortho intramolecular Hbond substituents is 1. The van der Waals surface area contributed by atoms with Crippen molar-refractivity contribution in [2.45, 2.75) is 65.7 Å². The van der Waals surface area contributed by atoms with Gasteiger partial charge < -0.3 is 15.2 Å². The van der Waals surface area contributed by atoms with E-state index in [1.54, 1.807) is 6.08 Å². The SMILES string of the molecule is CCOCCCNC(=O)/C(C#N)=C/c1cc(C(C)(C)C)c(O)c(C(C)(C)C)c1. The predicted molar refractivity (Wildman–Crippen MR) is 113 cm³/mol. The van der Waals surface area contributed by atoms with Crippen molar-refractivity contribution in [3.8, 4) is 11.8 Å². The van der Waals surface area contributed by atoms with Crippen molar-refractivity contribution >= 4 is 12.0 Å². The Balaban J connectivity index is 3.23. The van der Waals surface area contributed by atoms with Crippen LogP contribution in [0, 0.1) is 11.3 Å². The highest BCUT2D eigenvalue weighted by Gasteiger charge is 2.26. The minimum Gasteiger partial charge on any atom is -0.507 e. The average Bonchev–Trinajstić information content (AvgIpc) is 2.58. The summed E-state index contributed by atoms with van der Waals surface area (Å²) in [4.78, 5) is 12.3. The molecule has 1 rings (SSSR count). The van der Waals surface area contributed by atoms with Gasteiger partial charge in [0.2, 0.25) is 0 Å². The molecule has 1 aromatic rings. The highest BCUT2D eigenvalue weighted by atomic mass is 16.5. The number of phenols is 1. The summed E-state index contributed by atoms with van der Waals surface area (Å²) >= 11 is 0. The monoisotopic (exact) mass is 386 g/mol. The van der Waals surface area contributed by atoms with Crippen LogP contribution in [0.1, 0.15) is 71.6 Å². The number of ether oxygens (including phenoxy) is 1. The maximum Gasteiger partial charge on any atom is 0.261 e. The van der Waals surface area contributed by atoms with E-state index in [1.165, 1.54) is 0 Å². The number of hydrogen-bond donors (Lipinski definition) is 2. The van der Waals surface area contributed by atoms with E-state index < -0.39 is 5.91 Å². The zero-order valence-electron chi connectivity index (χ0n) is 18.3. The Hall–Kier alpha value is -2.32. The molecule has 2 N–H and O–H groups in total. The van der Waals surface area contributed by atoms with Crippen LogP contribution in [-0.4, -0.2) is 30.8 Å². The quantitative estimate of drug-likeness (QED) is 0.412. The standard InChI is InChI=1S/C23H34N2O3/c1-8-28-11-9-10-25-21(27)17(15-24)12-16-13-18(22(2,3)4)20(26)19(14-16)23(5,6)7/h12-14,26H,8-11H2,1-7H3,(H,25,27)/b17-12+. The summed E-state index contributed by atoms with van der Waals surface area (Å²) in [5.41, 5.74) is 1.81. The maximum atomic E-state index is 12.3. The van der Waals surface area contributed by atoms with E-state index in [-0.39, 0.29) is 22.2 Å². The number of nitrogens with one attached hydrogen (secondary N) is 1. The Morgan fingerprint density at radius 2 is 1.71 bits per heavy atom. The highest BCUT2D eigenvalue weighted by Crippen LogP contribution is 2.40. The Morgan fingerprint density at radius 1 is 1.18 bits per heavy atom. The molecule has 0 saturated carbocycles. The van der Waals surface area contributed by atoms with Gasteiger partial charge in [0.05, 0.1) is 0 Å². The lowest BCUT2D eigenvalue weighted by Crippen LogP contribution is -2.26.